The summed E-state index contributed by atoms with van der Waals surface area (Å²) in [4.78, 5) is 44.4. The molecule has 0 atom stereocenters. The number of carbonyl (C=O) groups is 1. The fraction of sp³-hybridized carbons (Fsp3) is 0.174. The summed E-state index contributed by atoms with van der Waals surface area (Å²) in [6.45, 7) is 0.191. The molecule has 1 aliphatic rings. The van der Waals surface area contributed by atoms with Crippen molar-refractivity contribution in [2.24, 2.45) is 17.8 Å². The molecule has 2 aromatic carbocycles. The number of nitrogens with one attached hydrogen (secondary N) is 1. The van der Waals surface area contributed by atoms with E-state index < -0.39 is 17.3 Å². The normalized spacial score (nSPS) is 13.1. The van der Waals surface area contributed by atoms with Crippen LogP contribution in [-0.4, -0.2) is 25.9 Å². The third kappa shape index (κ3) is 5.24. The molecule has 0 radical (unpaired) electrons. The maximum atomic E-state index is 12.8. The van der Waals surface area contributed by atoms with Gasteiger partial charge in [0, 0.05) is 24.2 Å². The zero-order chi connectivity index (χ0) is 24.2. The number of nitrogens with two attached hydrogens (primary N) is 1. The largest absolute Gasteiger partial charge is 0.443 e. The van der Waals surface area contributed by atoms with Gasteiger partial charge < -0.3 is 15.8 Å². The molecule has 0 saturated heterocycles. The molecule has 11 heteroatoms. The Morgan fingerprint density at radius 1 is 1.15 bits per heavy atom. The number of allylic oxidation sites excluding steroid dienone is 1. The van der Waals surface area contributed by atoms with Gasteiger partial charge in [-0.15, -0.1) is 0 Å². The van der Waals surface area contributed by atoms with Crippen LogP contribution in [0, 0.1) is 0 Å². The van der Waals surface area contributed by atoms with Gasteiger partial charge in [-0.2, -0.15) is 4.98 Å². The molecule has 1 amide bonds. The van der Waals surface area contributed by atoms with Crippen molar-refractivity contribution in [1.82, 2.24) is 14.1 Å². The van der Waals surface area contributed by atoms with E-state index in [1.807, 2.05) is 0 Å². The Bertz CT molecular complexity index is 1410. The van der Waals surface area contributed by atoms with Gasteiger partial charge in [-0.3, -0.25) is 9.36 Å². The molecular formula is C23H21ClN6O4. The maximum Gasteiger partial charge on any atom is 0.354 e. The van der Waals surface area contributed by atoms with Crippen LogP contribution >= 0.6 is 11.6 Å². The first-order valence-corrected chi connectivity index (χ1v) is 10.7. The van der Waals surface area contributed by atoms with Crippen molar-refractivity contribution in [1.29, 1.82) is 0 Å². The Labute approximate surface area is 199 Å². The average Bonchev–Trinajstić information content (AvgIpc) is 2.83. The number of rotatable bonds is 6. The summed E-state index contributed by atoms with van der Waals surface area (Å²) in [5.74, 6) is 0.392. The van der Waals surface area contributed by atoms with Crippen LogP contribution in [0.1, 0.15) is 18.4 Å². The number of aromatic nitrogens is 3. The number of ether oxygens (including phenoxy) is 1. The van der Waals surface area contributed by atoms with E-state index in [9.17, 15) is 14.4 Å². The predicted molar refractivity (Wildman–Crippen MR) is 129 cm³/mol. The van der Waals surface area contributed by atoms with Crippen molar-refractivity contribution in [2.75, 3.05) is 5.32 Å². The van der Waals surface area contributed by atoms with Gasteiger partial charge in [-0.1, -0.05) is 29.8 Å². The first kappa shape index (κ1) is 23.0. The minimum absolute atomic E-state index is 0.101. The molecule has 0 bridgehead atoms. The molecule has 0 saturated carbocycles. The van der Waals surface area contributed by atoms with E-state index in [2.05, 4.69) is 15.3 Å². The molecule has 0 fully saturated rings. The number of primary amides is 1. The summed E-state index contributed by atoms with van der Waals surface area (Å²) in [5.41, 5.74) is 5.67. The smallest absolute Gasteiger partial charge is 0.354 e. The Balaban J connectivity index is 1.56. The SMILES string of the molecule is Cn1c(=O)nc(Nc2ccc(OC3=NC(C(N)=O)=CCC3)cc2)n(Cc2ccc(Cl)cc2)c1=O. The molecule has 34 heavy (non-hydrogen) atoms. The summed E-state index contributed by atoms with van der Waals surface area (Å²) in [7, 11) is 1.37. The molecule has 1 aromatic heterocycles. The summed E-state index contributed by atoms with van der Waals surface area (Å²) >= 11 is 5.95. The van der Waals surface area contributed by atoms with Crippen molar-refractivity contribution < 1.29 is 9.53 Å². The molecule has 0 unspecified atom stereocenters. The van der Waals surface area contributed by atoms with E-state index in [1.54, 1.807) is 54.6 Å². The predicted octanol–water partition coefficient (Wildman–Crippen LogP) is 2.33. The number of hydrogen-bond donors (Lipinski definition) is 2. The summed E-state index contributed by atoms with van der Waals surface area (Å²) in [6.07, 6.45) is 2.82. The van der Waals surface area contributed by atoms with Crippen LogP contribution in [-0.2, 0) is 18.4 Å². The van der Waals surface area contributed by atoms with Gasteiger partial charge >= 0.3 is 11.4 Å². The number of benzene rings is 2. The van der Waals surface area contributed by atoms with Crippen LogP contribution in [0.4, 0.5) is 11.6 Å². The maximum absolute atomic E-state index is 12.8. The van der Waals surface area contributed by atoms with E-state index in [4.69, 9.17) is 22.1 Å². The van der Waals surface area contributed by atoms with E-state index in [1.165, 1.54) is 11.6 Å². The minimum atomic E-state index is -0.673. The van der Waals surface area contributed by atoms with E-state index in [0.29, 0.717) is 35.2 Å². The molecule has 10 nitrogen and oxygen atoms in total. The zero-order valence-electron chi connectivity index (χ0n) is 18.2. The lowest BCUT2D eigenvalue weighted by atomic mass is 10.2. The summed E-state index contributed by atoms with van der Waals surface area (Å²) in [6, 6.07) is 13.8. The Kier molecular flexibility index (Phi) is 6.60. The lowest BCUT2D eigenvalue weighted by Gasteiger charge is -2.15. The third-order valence-corrected chi connectivity index (χ3v) is 5.31. The van der Waals surface area contributed by atoms with Gasteiger partial charge in [-0.05, 0) is 48.4 Å². The standard InChI is InChI=1S/C23H21ClN6O4/c1-29-22(32)28-21(30(23(29)33)13-14-5-7-15(24)8-6-14)26-16-9-11-17(12-10-16)34-19-4-2-3-18(27-19)20(25)31/h3,5-12H,2,4,13H2,1H3,(H2,25,31)(H,26,28,32). The molecule has 174 valence electrons. The second-order valence-electron chi connectivity index (χ2n) is 7.52. The zero-order valence-corrected chi connectivity index (χ0v) is 19.0. The van der Waals surface area contributed by atoms with E-state index in [-0.39, 0.29) is 18.2 Å². The van der Waals surface area contributed by atoms with Crippen molar-refractivity contribution in [2.45, 2.75) is 19.4 Å². The van der Waals surface area contributed by atoms with E-state index >= 15 is 0 Å². The molecular weight excluding hydrogens is 460 g/mol. The van der Waals surface area contributed by atoms with Gasteiger partial charge in [0.15, 0.2) is 5.90 Å². The first-order valence-electron chi connectivity index (χ1n) is 10.3. The summed E-state index contributed by atoms with van der Waals surface area (Å²) < 4.78 is 8.05. The molecule has 2 heterocycles. The second-order valence-corrected chi connectivity index (χ2v) is 7.96. The Morgan fingerprint density at radius 3 is 2.53 bits per heavy atom. The highest BCUT2D eigenvalue weighted by Gasteiger charge is 2.14. The van der Waals surface area contributed by atoms with Crippen LogP contribution < -0.4 is 27.2 Å². The molecule has 3 aromatic rings. The molecule has 4 rings (SSSR count). The van der Waals surface area contributed by atoms with Crippen LogP contribution in [0.2, 0.25) is 5.02 Å². The first-order chi connectivity index (χ1) is 16.3. The molecule has 0 aliphatic carbocycles. The number of halogens is 1. The van der Waals surface area contributed by atoms with Crippen molar-refractivity contribution >= 4 is 35.0 Å². The molecule has 3 N–H and O–H groups in total. The van der Waals surface area contributed by atoms with Crippen LogP contribution in [0.25, 0.3) is 0 Å². The number of aliphatic imine (C=N–C) groups is 1. The highest BCUT2D eigenvalue weighted by atomic mass is 35.5. The van der Waals surface area contributed by atoms with Gasteiger partial charge in [0.05, 0.1) is 6.54 Å². The average molecular weight is 481 g/mol. The number of amides is 1. The van der Waals surface area contributed by atoms with Gasteiger partial charge in [-0.25, -0.2) is 19.1 Å². The number of nitrogens with zero attached hydrogens (tertiary/aromatic N) is 4. The second kappa shape index (κ2) is 9.75. The fourth-order valence-electron chi connectivity index (χ4n) is 3.26. The minimum Gasteiger partial charge on any atom is -0.443 e. The van der Waals surface area contributed by atoms with Gasteiger partial charge in [0.25, 0.3) is 5.91 Å². The van der Waals surface area contributed by atoms with Crippen LogP contribution in [0.5, 0.6) is 5.75 Å². The number of hydrogen-bond acceptors (Lipinski definition) is 7. The number of carbonyl (C=O) groups excluding carboxylic acids is 1. The third-order valence-electron chi connectivity index (χ3n) is 5.06. The Hall–Kier alpha value is -4.18. The van der Waals surface area contributed by atoms with E-state index in [0.717, 1.165) is 10.1 Å². The van der Waals surface area contributed by atoms with Gasteiger partial charge in [0.1, 0.15) is 11.4 Å². The molecule has 1 aliphatic heterocycles. The highest BCUT2D eigenvalue weighted by Crippen LogP contribution is 2.21. The van der Waals surface area contributed by atoms with Gasteiger partial charge in [0.2, 0.25) is 5.95 Å². The van der Waals surface area contributed by atoms with Crippen LogP contribution in [0.15, 0.2) is 74.9 Å². The van der Waals surface area contributed by atoms with Crippen molar-refractivity contribution in [3.63, 3.8) is 0 Å². The van der Waals surface area contributed by atoms with Crippen molar-refractivity contribution in [3.05, 3.63) is 91.9 Å². The lowest BCUT2D eigenvalue weighted by Crippen LogP contribution is -2.41. The van der Waals surface area contributed by atoms with Crippen LogP contribution in [0.3, 0.4) is 0 Å². The lowest BCUT2D eigenvalue weighted by molar-refractivity contribution is -0.114. The topological polar surface area (TPSA) is 134 Å². The Morgan fingerprint density at radius 2 is 1.85 bits per heavy atom. The van der Waals surface area contributed by atoms with Crippen molar-refractivity contribution in [3.8, 4) is 5.75 Å². The quantitative estimate of drug-likeness (QED) is 0.556. The molecule has 0 spiro atoms. The fourth-order valence-corrected chi connectivity index (χ4v) is 3.38. The monoisotopic (exact) mass is 480 g/mol. The summed E-state index contributed by atoms with van der Waals surface area (Å²) in [5, 5.41) is 3.60. The highest BCUT2D eigenvalue weighted by molar-refractivity contribution is 6.30. The number of anilines is 2.